The van der Waals surface area contributed by atoms with Gasteiger partial charge in [0.2, 0.25) is 0 Å². The van der Waals surface area contributed by atoms with E-state index < -0.39 is 53.4 Å². The zero-order valence-electron chi connectivity index (χ0n) is 18.1. The van der Waals surface area contributed by atoms with Crippen LogP contribution < -0.4 is 16.0 Å². The highest BCUT2D eigenvalue weighted by Crippen LogP contribution is 2.47. The number of amides is 3. The van der Waals surface area contributed by atoms with Crippen LogP contribution in [0.2, 0.25) is 0 Å². The number of alkyl halides is 3. The second kappa shape index (κ2) is 9.29. The first-order chi connectivity index (χ1) is 17.0. The maximum absolute atomic E-state index is 14.4. The molecule has 3 amide bonds. The van der Waals surface area contributed by atoms with Crippen LogP contribution in [0.3, 0.4) is 0 Å². The average molecular weight is 505 g/mol. The number of hydrogen-bond donors (Lipinski definition) is 3. The van der Waals surface area contributed by atoms with Gasteiger partial charge in [0.25, 0.3) is 17.4 Å². The molecule has 0 saturated heterocycles. The Morgan fingerprint density at radius 3 is 2.06 bits per heavy atom. The van der Waals surface area contributed by atoms with E-state index in [9.17, 15) is 36.3 Å². The number of ether oxygens (including phenoxy) is 1. The molecule has 0 aromatic heterocycles. The zero-order chi connectivity index (χ0) is 26.1. The summed E-state index contributed by atoms with van der Waals surface area (Å²) in [5.74, 6) is -2.98. The summed E-state index contributed by atoms with van der Waals surface area (Å²) in [4.78, 5) is 37.1. The molecular formula is C24H16F5N3O4. The molecule has 0 spiro atoms. The van der Waals surface area contributed by atoms with Gasteiger partial charge in [-0.3, -0.25) is 14.9 Å². The molecule has 3 aromatic carbocycles. The molecule has 3 N–H and O–H groups in total. The number of hydrogen-bond acceptors (Lipinski definition) is 4. The second-order valence-corrected chi connectivity index (χ2v) is 7.75. The van der Waals surface area contributed by atoms with Crippen LogP contribution >= 0.6 is 0 Å². The molecule has 12 heteroatoms. The van der Waals surface area contributed by atoms with Crippen molar-refractivity contribution in [3.8, 4) is 0 Å². The van der Waals surface area contributed by atoms with E-state index >= 15 is 0 Å². The van der Waals surface area contributed by atoms with Gasteiger partial charge < -0.3 is 15.4 Å². The van der Waals surface area contributed by atoms with Crippen LogP contribution in [-0.2, 0) is 10.3 Å². The summed E-state index contributed by atoms with van der Waals surface area (Å²) in [5.41, 5.74) is -4.40. The van der Waals surface area contributed by atoms with Gasteiger partial charge in [0.05, 0.1) is 12.2 Å². The Kier molecular flexibility index (Phi) is 6.35. The molecule has 0 aliphatic carbocycles. The van der Waals surface area contributed by atoms with Crippen LogP contribution in [0.15, 0.2) is 66.7 Å². The summed E-state index contributed by atoms with van der Waals surface area (Å²) in [6.07, 6.45) is -6.64. The highest BCUT2D eigenvalue weighted by molar-refractivity contribution is 6.05. The smallest absolute Gasteiger partial charge is 0.426 e. The van der Waals surface area contributed by atoms with Crippen molar-refractivity contribution in [2.75, 3.05) is 17.2 Å². The van der Waals surface area contributed by atoms with Gasteiger partial charge >= 0.3 is 12.3 Å². The second-order valence-electron chi connectivity index (χ2n) is 7.75. The third-order valence-electron chi connectivity index (χ3n) is 5.38. The Morgan fingerprint density at radius 2 is 1.44 bits per heavy atom. The van der Waals surface area contributed by atoms with E-state index in [4.69, 9.17) is 4.74 Å². The van der Waals surface area contributed by atoms with Crippen molar-refractivity contribution in [1.82, 2.24) is 5.32 Å². The molecule has 186 valence electrons. The van der Waals surface area contributed by atoms with E-state index in [1.54, 1.807) is 0 Å². The maximum atomic E-state index is 14.4. The molecule has 1 aliphatic rings. The fourth-order valence-electron chi connectivity index (χ4n) is 3.56. The highest BCUT2D eigenvalue weighted by atomic mass is 19.4. The van der Waals surface area contributed by atoms with Crippen LogP contribution in [0.5, 0.6) is 0 Å². The molecule has 1 aliphatic heterocycles. The number of cyclic esters (lactones) is 1. The number of carbonyl (C=O) groups is 3. The molecule has 0 saturated carbocycles. The monoisotopic (exact) mass is 505 g/mol. The zero-order valence-corrected chi connectivity index (χ0v) is 18.1. The van der Waals surface area contributed by atoms with E-state index in [1.807, 2.05) is 0 Å². The first-order valence-corrected chi connectivity index (χ1v) is 10.3. The summed E-state index contributed by atoms with van der Waals surface area (Å²) in [5, 5.41) is 6.64. The van der Waals surface area contributed by atoms with Crippen LogP contribution in [0.1, 0.15) is 26.3 Å². The number of benzene rings is 3. The number of anilines is 2. The number of nitrogens with one attached hydrogen (secondary N) is 3. The summed E-state index contributed by atoms with van der Waals surface area (Å²) < 4.78 is 74.2. The summed E-state index contributed by atoms with van der Waals surface area (Å²) in [6, 6.07) is 11.9. The topological polar surface area (TPSA) is 96.5 Å². The Hall–Kier alpha value is -4.48. The Morgan fingerprint density at radius 1 is 0.861 bits per heavy atom. The molecule has 1 atom stereocenters. The fraction of sp³-hybridized carbons (Fsp3) is 0.125. The molecule has 1 unspecified atom stereocenters. The van der Waals surface area contributed by atoms with Gasteiger partial charge in [-0.2, -0.15) is 13.2 Å². The normalized spacial score (nSPS) is 16.9. The van der Waals surface area contributed by atoms with Crippen molar-refractivity contribution >= 4 is 29.3 Å². The van der Waals surface area contributed by atoms with Crippen molar-refractivity contribution in [1.29, 1.82) is 0 Å². The lowest BCUT2D eigenvalue weighted by molar-refractivity contribution is -0.261. The first-order valence-electron chi connectivity index (χ1n) is 10.3. The molecule has 0 fully saturated rings. The predicted molar refractivity (Wildman–Crippen MR) is 117 cm³/mol. The molecule has 36 heavy (non-hydrogen) atoms. The molecule has 0 radical (unpaired) electrons. The quantitative estimate of drug-likeness (QED) is 0.427. The third-order valence-corrected chi connectivity index (χ3v) is 5.38. The minimum absolute atomic E-state index is 0.123. The van der Waals surface area contributed by atoms with Crippen molar-refractivity contribution in [2.45, 2.75) is 11.8 Å². The van der Waals surface area contributed by atoms with Gasteiger partial charge in [-0.15, -0.1) is 0 Å². The molecule has 7 nitrogen and oxygen atoms in total. The largest absolute Gasteiger partial charge is 0.434 e. The minimum Gasteiger partial charge on any atom is -0.426 e. The lowest BCUT2D eigenvalue weighted by Gasteiger charge is -2.39. The van der Waals surface area contributed by atoms with E-state index in [0.717, 1.165) is 48.5 Å². The van der Waals surface area contributed by atoms with E-state index in [1.165, 1.54) is 18.2 Å². The summed E-state index contributed by atoms with van der Waals surface area (Å²) in [7, 11) is 0. The number of carbonyl (C=O) groups excluding carboxylic acids is 3. The fourth-order valence-corrected chi connectivity index (χ4v) is 3.56. The van der Waals surface area contributed by atoms with Crippen molar-refractivity contribution in [3.63, 3.8) is 0 Å². The van der Waals surface area contributed by atoms with E-state index in [-0.39, 0.29) is 22.5 Å². The average Bonchev–Trinajstić information content (AvgIpc) is 2.83. The van der Waals surface area contributed by atoms with E-state index in [0.29, 0.717) is 0 Å². The lowest BCUT2D eigenvalue weighted by Crippen LogP contribution is -2.56. The van der Waals surface area contributed by atoms with Crippen molar-refractivity contribution in [2.24, 2.45) is 0 Å². The molecule has 0 bridgehead atoms. The number of rotatable bonds is 5. The van der Waals surface area contributed by atoms with Gasteiger partial charge in [0.15, 0.2) is 0 Å². The SMILES string of the molecule is O=C1Nc2ccc(C(=O)Nc3ccc(F)cc3)cc2C(CNC(=O)c2ccc(F)cc2)(C(F)(F)F)O1. The van der Waals surface area contributed by atoms with Gasteiger partial charge in [0.1, 0.15) is 11.6 Å². The van der Waals surface area contributed by atoms with Crippen LogP contribution in [0, 0.1) is 11.6 Å². The van der Waals surface area contributed by atoms with Gasteiger partial charge in [-0.05, 0) is 66.7 Å². The summed E-state index contributed by atoms with van der Waals surface area (Å²) >= 11 is 0. The molecular weight excluding hydrogens is 489 g/mol. The lowest BCUT2D eigenvalue weighted by atomic mass is 9.88. The Balaban J connectivity index is 1.68. The molecule has 1 heterocycles. The Bertz CT molecular complexity index is 1330. The van der Waals surface area contributed by atoms with Crippen LogP contribution in [0.4, 0.5) is 38.1 Å². The Labute approximate surface area is 200 Å². The van der Waals surface area contributed by atoms with Crippen molar-refractivity contribution < 1.29 is 41.1 Å². The first kappa shape index (κ1) is 24.6. The summed E-state index contributed by atoms with van der Waals surface area (Å²) in [6.45, 7) is -1.23. The molecule has 4 rings (SSSR count). The standard InChI is InChI=1S/C24H16F5N3O4/c25-15-4-1-13(2-5-15)20(33)30-12-23(24(27,28)29)18-11-14(3-10-19(18)32-22(35)36-23)21(34)31-17-8-6-16(26)7-9-17/h1-11H,12H2,(H,30,33)(H,31,34)(H,32,35). The van der Waals surface area contributed by atoms with Crippen LogP contribution in [-0.4, -0.2) is 30.6 Å². The predicted octanol–water partition coefficient (Wildman–Crippen LogP) is 4.97. The maximum Gasteiger partial charge on any atom is 0.434 e. The van der Waals surface area contributed by atoms with Gasteiger partial charge in [-0.25, -0.2) is 13.6 Å². The van der Waals surface area contributed by atoms with Crippen molar-refractivity contribution in [3.05, 3.63) is 95.1 Å². The number of halogens is 5. The number of fused-ring (bicyclic) bond motifs is 1. The third kappa shape index (κ3) is 4.83. The van der Waals surface area contributed by atoms with Crippen LogP contribution in [0.25, 0.3) is 0 Å². The van der Waals surface area contributed by atoms with E-state index in [2.05, 4.69) is 16.0 Å². The van der Waals surface area contributed by atoms with Gasteiger partial charge in [0, 0.05) is 22.4 Å². The highest BCUT2D eigenvalue weighted by Gasteiger charge is 2.62. The van der Waals surface area contributed by atoms with Gasteiger partial charge in [-0.1, -0.05) is 0 Å². The minimum atomic E-state index is -5.22. The molecule has 3 aromatic rings.